The minimum Gasteiger partial charge on any atom is -0.388 e. The third-order valence-corrected chi connectivity index (χ3v) is 9.44. The molecular weight excluding hydrogens is 620 g/mol. The molecule has 12 heteroatoms. The molecule has 2 aliphatic heterocycles. The highest BCUT2D eigenvalue weighted by Crippen LogP contribution is 2.32. The minimum atomic E-state index is -0.503. The van der Waals surface area contributed by atoms with Crippen LogP contribution in [0, 0.1) is 17.2 Å². The highest BCUT2D eigenvalue weighted by atomic mass is 16.4. The van der Waals surface area contributed by atoms with Crippen LogP contribution in [0.15, 0.2) is 82.0 Å². The summed E-state index contributed by atoms with van der Waals surface area (Å²) in [5.74, 6) is -0.303. The Kier molecular flexibility index (Phi) is 8.67. The summed E-state index contributed by atoms with van der Waals surface area (Å²) in [4.78, 5) is 44.5. The van der Waals surface area contributed by atoms with Crippen molar-refractivity contribution in [3.63, 3.8) is 0 Å². The summed E-state index contributed by atoms with van der Waals surface area (Å²) in [6.45, 7) is 5.16. The van der Waals surface area contributed by atoms with Crippen LogP contribution in [-0.2, 0) is 16.6 Å². The number of nitrogens with one attached hydrogen (secondary N) is 1. The molecule has 7 rings (SSSR count). The van der Waals surface area contributed by atoms with Gasteiger partial charge in [0.05, 0.1) is 29.6 Å². The van der Waals surface area contributed by atoms with E-state index >= 15 is 0 Å². The molecule has 1 fully saturated rings. The second-order valence-electron chi connectivity index (χ2n) is 12.5. The Labute approximate surface area is 282 Å². The largest absolute Gasteiger partial charge is 0.437 e. The van der Waals surface area contributed by atoms with E-state index in [0.717, 1.165) is 50.1 Å². The number of rotatable bonds is 8. The molecule has 5 aromatic rings. The SMILES string of the molecule is CCN(C(=O)[C@@H]1CCN(CC(=O)N2CC=C(c3ccc(-c4nn(C)c(=O)o4)cc3)CC2)C1)c1ccc2[nH]nc(-c3cccc(C#N)c3)c2c1. The predicted molar refractivity (Wildman–Crippen MR) is 185 cm³/mol. The topological polar surface area (TPSA) is 144 Å². The predicted octanol–water partition coefficient (Wildman–Crippen LogP) is 4.45. The van der Waals surface area contributed by atoms with E-state index in [0.29, 0.717) is 44.7 Å². The zero-order valence-corrected chi connectivity index (χ0v) is 27.4. The van der Waals surface area contributed by atoms with Gasteiger partial charge in [0.1, 0.15) is 5.69 Å². The van der Waals surface area contributed by atoms with Crippen LogP contribution in [0.3, 0.4) is 0 Å². The molecular formula is C37H36N8O4. The Morgan fingerprint density at radius 3 is 2.59 bits per heavy atom. The summed E-state index contributed by atoms with van der Waals surface area (Å²) in [5, 5.41) is 21.9. The van der Waals surface area contributed by atoms with Gasteiger partial charge in [0.25, 0.3) is 0 Å². The average molecular weight is 657 g/mol. The van der Waals surface area contributed by atoms with E-state index in [-0.39, 0.29) is 30.2 Å². The Hall–Kier alpha value is -5.80. The highest BCUT2D eigenvalue weighted by Gasteiger charge is 2.33. The maximum Gasteiger partial charge on any atom is 0.437 e. The number of nitriles is 1. The molecule has 0 spiro atoms. The number of carbonyl (C=O) groups excluding carboxylic acids is 2. The van der Waals surface area contributed by atoms with Crippen LogP contribution < -0.4 is 10.7 Å². The van der Waals surface area contributed by atoms with E-state index in [2.05, 4.69) is 32.3 Å². The van der Waals surface area contributed by atoms with Crippen molar-refractivity contribution >= 4 is 34.0 Å². The van der Waals surface area contributed by atoms with Crippen LogP contribution >= 0.6 is 0 Å². The van der Waals surface area contributed by atoms with Crippen LogP contribution in [0.2, 0.25) is 0 Å². The first-order chi connectivity index (χ1) is 23.8. The van der Waals surface area contributed by atoms with Crippen molar-refractivity contribution in [2.75, 3.05) is 44.2 Å². The lowest BCUT2D eigenvalue weighted by atomic mass is 9.98. The molecule has 0 saturated carbocycles. The number of carbonyl (C=O) groups is 2. The summed E-state index contributed by atoms with van der Waals surface area (Å²) in [6, 6.07) is 23.1. The summed E-state index contributed by atoms with van der Waals surface area (Å²) in [7, 11) is 1.55. The Morgan fingerprint density at radius 1 is 1.06 bits per heavy atom. The van der Waals surface area contributed by atoms with E-state index in [1.807, 2.05) is 77.4 Å². The molecule has 2 amide bonds. The van der Waals surface area contributed by atoms with Gasteiger partial charge in [-0.2, -0.15) is 15.0 Å². The molecule has 1 atom stereocenters. The monoisotopic (exact) mass is 656 g/mol. The number of amides is 2. The maximum atomic E-state index is 13.8. The molecule has 1 N–H and O–H groups in total. The van der Waals surface area contributed by atoms with E-state index < -0.39 is 5.76 Å². The van der Waals surface area contributed by atoms with Crippen molar-refractivity contribution in [2.45, 2.75) is 19.8 Å². The zero-order chi connectivity index (χ0) is 34.1. The van der Waals surface area contributed by atoms with Gasteiger partial charge in [-0.25, -0.2) is 4.79 Å². The fraction of sp³-hybridized carbons (Fsp3) is 0.297. The zero-order valence-electron chi connectivity index (χ0n) is 27.4. The van der Waals surface area contributed by atoms with E-state index in [1.165, 1.54) is 5.57 Å². The van der Waals surface area contributed by atoms with Crippen molar-refractivity contribution in [3.8, 4) is 28.8 Å². The van der Waals surface area contributed by atoms with Crippen LogP contribution in [-0.4, -0.2) is 80.9 Å². The maximum absolute atomic E-state index is 13.8. The van der Waals surface area contributed by atoms with Crippen molar-refractivity contribution in [3.05, 3.63) is 94.5 Å². The smallest absolute Gasteiger partial charge is 0.388 e. The lowest BCUT2D eigenvalue weighted by molar-refractivity contribution is -0.132. The van der Waals surface area contributed by atoms with Gasteiger partial charge in [-0.15, -0.1) is 5.10 Å². The molecule has 49 heavy (non-hydrogen) atoms. The summed E-state index contributed by atoms with van der Waals surface area (Å²) >= 11 is 0. The molecule has 4 heterocycles. The van der Waals surface area contributed by atoms with Gasteiger partial charge in [-0.3, -0.25) is 19.6 Å². The number of likely N-dealkylation sites (tertiary alicyclic amines) is 1. The fourth-order valence-corrected chi connectivity index (χ4v) is 6.73. The lowest BCUT2D eigenvalue weighted by Gasteiger charge is -2.29. The Bertz CT molecular complexity index is 2170. The first-order valence-electron chi connectivity index (χ1n) is 16.5. The first-order valence-corrected chi connectivity index (χ1v) is 16.5. The molecule has 0 bridgehead atoms. The lowest BCUT2D eigenvalue weighted by Crippen LogP contribution is -2.42. The number of aryl methyl sites for hydroxylation is 1. The molecule has 0 unspecified atom stereocenters. The van der Waals surface area contributed by atoms with Crippen molar-refractivity contribution in [1.82, 2.24) is 29.8 Å². The quantitative estimate of drug-likeness (QED) is 0.258. The van der Waals surface area contributed by atoms with Crippen LogP contribution in [0.5, 0.6) is 0 Å². The minimum absolute atomic E-state index is 0.0510. The number of aromatic nitrogens is 4. The van der Waals surface area contributed by atoms with Crippen LogP contribution in [0.25, 0.3) is 39.2 Å². The van der Waals surface area contributed by atoms with Gasteiger partial charge in [-0.05, 0) is 79.9 Å². The number of benzene rings is 3. The van der Waals surface area contributed by atoms with Gasteiger partial charge in [0.2, 0.25) is 17.7 Å². The number of nitrogens with zero attached hydrogens (tertiary/aromatic N) is 7. The Morgan fingerprint density at radius 2 is 1.88 bits per heavy atom. The number of hydrogen-bond acceptors (Lipinski definition) is 8. The average Bonchev–Trinajstić information content (AvgIpc) is 3.87. The van der Waals surface area contributed by atoms with Gasteiger partial charge in [0.15, 0.2) is 0 Å². The molecule has 1 saturated heterocycles. The third kappa shape index (κ3) is 6.40. The molecule has 248 valence electrons. The van der Waals surface area contributed by atoms with Gasteiger partial charge >= 0.3 is 5.76 Å². The third-order valence-electron chi connectivity index (χ3n) is 9.44. The highest BCUT2D eigenvalue weighted by molar-refractivity contribution is 6.00. The van der Waals surface area contributed by atoms with E-state index in [1.54, 1.807) is 13.1 Å². The first kappa shape index (κ1) is 31.8. The van der Waals surface area contributed by atoms with Crippen molar-refractivity contribution < 1.29 is 14.0 Å². The van der Waals surface area contributed by atoms with Crippen LogP contribution in [0.1, 0.15) is 30.9 Å². The summed E-state index contributed by atoms with van der Waals surface area (Å²) in [5.41, 5.74) is 6.73. The number of anilines is 1. The van der Waals surface area contributed by atoms with Gasteiger partial charge in [-0.1, -0.05) is 30.3 Å². The second kappa shape index (κ2) is 13.4. The molecule has 12 nitrogen and oxygen atoms in total. The standard InChI is InChI=1S/C37H36N8O4/c1-3-45(30-11-12-32-31(20-30)34(40-39-32)28-6-4-5-24(19-28)21-38)36(47)29-13-16-43(22-29)23-33(46)44-17-14-26(15-18-44)25-7-9-27(10-8-25)35-41-42(2)37(48)49-35/h4-12,14,19-20,29H,3,13,15-18,22-23H2,1-2H3,(H,39,40)/t29-/m1/s1. The van der Waals surface area contributed by atoms with Gasteiger partial charge in [0, 0.05) is 55.4 Å². The number of hydrogen-bond donors (Lipinski definition) is 1. The molecule has 3 aromatic carbocycles. The van der Waals surface area contributed by atoms with E-state index in [9.17, 15) is 19.6 Å². The Balaban J connectivity index is 0.960. The van der Waals surface area contributed by atoms with Crippen LogP contribution in [0.4, 0.5) is 5.69 Å². The summed E-state index contributed by atoms with van der Waals surface area (Å²) < 4.78 is 6.34. The fourth-order valence-electron chi connectivity index (χ4n) is 6.73. The number of fused-ring (bicyclic) bond motifs is 1. The second-order valence-corrected chi connectivity index (χ2v) is 12.5. The van der Waals surface area contributed by atoms with Crippen molar-refractivity contribution in [2.24, 2.45) is 13.0 Å². The molecule has 0 aliphatic carbocycles. The summed E-state index contributed by atoms with van der Waals surface area (Å²) in [6.07, 6.45) is 3.53. The number of H-pyrrole nitrogens is 1. The van der Waals surface area contributed by atoms with E-state index in [4.69, 9.17) is 4.42 Å². The molecule has 2 aliphatic rings. The normalized spacial score (nSPS) is 16.5. The number of aromatic amines is 1. The molecule has 2 aromatic heterocycles. The van der Waals surface area contributed by atoms with Gasteiger partial charge < -0.3 is 14.2 Å². The van der Waals surface area contributed by atoms with Crippen molar-refractivity contribution in [1.29, 1.82) is 5.26 Å². The molecule has 0 radical (unpaired) electrons.